The fourth-order valence-electron chi connectivity index (χ4n) is 4.72. The van der Waals surface area contributed by atoms with Gasteiger partial charge >= 0.3 is 6.03 Å². The number of hydrogen-bond acceptors (Lipinski definition) is 3. The van der Waals surface area contributed by atoms with Gasteiger partial charge in [0.25, 0.3) is 5.91 Å². The van der Waals surface area contributed by atoms with Gasteiger partial charge in [-0.1, -0.05) is 47.5 Å². The van der Waals surface area contributed by atoms with Crippen molar-refractivity contribution in [2.24, 2.45) is 0 Å². The number of nitrogens with zero attached hydrogens (tertiary/aromatic N) is 2. The van der Waals surface area contributed by atoms with Crippen LogP contribution in [0.1, 0.15) is 42.6 Å². The van der Waals surface area contributed by atoms with Crippen LogP contribution in [0, 0.1) is 0 Å². The average Bonchev–Trinajstić information content (AvgIpc) is 3.23. The molecule has 2 aliphatic rings. The van der Waals surface area contributed by atoms with Crippen molar-refractivity contribution in [3.8, 4) is 5.75 Å². The first-order valence-electron chi connectivity index (χ1n) is 10.2. The van der Waals surface area contributed by atoms with Crippen LogP contribution in [0.4, 0.5) is 4.79 Å². The number of rotatable bonds is 4. The molecule has 154 valence electrons. The molecule has 1 fully saturated rings. The Morgan fingerprint density at radius 1 is 1.20 bits per heavy atom. The van der Waals surface area contributed by atoms with Crippen LogP contribution in [0.2, 0.25) is 0 Å². The van der Waals surface area contributed by atoms with Crippen LogP contribution in [0.5, 0.6) is 5.75 Å². The number of para-hydroxylation sites is 1. The maximum Gasteiger partial charge on any atom is 0.328 e. The lowest BCUT2D eigenvalue weighted by molar-refractivity contribution is -0.128. The van der Waals surface area contributed by atoms with E-state index in [9.17, 15) is 14.7 Å². The third kappa shape index (κ3) is 2.75. The molecule has 1 saturated heterocycles. The highest BCUT2D eigenvalue weighted by atomic mass is 79.9. The van der Waals surface area contributed by atoms with Crippen LogP contribution in [0.25, 0.3) is 10.9 Å². The van der Waals surface area contributed by atoms with E-state index in [0.717, 1.165) is 39.5 Å². The monoisotopic (exact) mass is 467 g/mol. The number of benzene rings is 2. The molecule has 0 radical (unpaired) electrons. The summed E-state index contributed by atoms with van der Waals surface area (Å²) in [5.74, 6) is -0.0513. The van der Waals surface area contributed by atoms with E-state index >= 15 is 0 Å². The minimum Gasteiger partial charge on any atom is -0.508 e. The number of carbonyl (C=O) groups is 2. The number of H-pyrrole nitrogens is 1. The van der Waals surface area contributed by atoms with Gasteiger partial charge in [0.1, 0.15) is 17.8 Å². The maximum atomic E-state index is 13.4. The smallest absolute Gasteiger partial charge is 0.328 e. The second-order valence-electron chi connectivity index (χ2n) is 7.92. The lowest BCUT2D eigenvalue weighted by Gasteiger charge is -2.36. The molecule has 0 spiro atoms. The molecule has 3 heterocycles. The number of fused-ring (bicyclic) bond motifs is 4. The topological polar surface area (TPSA) is 76.6 Å². The number of amides is 3. The van der Waals surface area contributed by atoms with Crippen molar-refractivity contribution in [3.05, 3.63) is 63.8 Å². The van der Waals surface area contributed by atoms with Crippen LogP contribution < -0.4 is 0 Å². The van der Waals surface area contributed by atoms with Gasteiger partial charge in [-0.25, -0.2) is 4.79 Å². The Bertz CT molecular complexity index is 1170. The average molecular weight is 468 g/mol. The molecule has 1 aromatic heterocycles. The van der Waals surface area contributed by atoms with Gasteiger partial charge in [-0.15, -0.1) is 0 Å². The number of phenols is 1. The first kappa shape index (κ1) is 19.2. The fraction of sp³-hybridized carbons (Fsp3) is 0.304. The summed E-state index contributed by atoms with van der Waals surface area (Å²) >= 11 is 3.48. The second-order valence-corrected chi connectivity index (χ2v) is 8.84. The Morgan fingerprint density at radius 2 is 2.00 bits per heavy atom. The van der Waals surface area contributed by atoms with E-state index in [-0.39, 0.29) is 17.7 Å². The van der Waals surface area contributed by atoms with Crippen molar-refractivity contribution >= 4 is 38.8 Å². The van der Waals surface area contributed by atoms with Gasteiger partial charge in [0.15, 0.2) is 0 Å². The van der Waals surface area contributed by atoms with Gasteiger partial charge in [-0.05, 0) is 36.2 Å². The van der Waals surface area contributed by atoms with Gasteiger partial charge in [-0.3, -0.25) is 14.6 Å². The summed E-state index contributed by atoms with van der Waals surface area (Å²) in [7, 11) is 0. The van der Waals surface area contributed by atoms with Crippen LogP contribution >= 0.6 is 15.9 Å². The zero-order chi connectivity index (χ0) is 21.0. The Morgan fingerprint density at radius 3 is 2.80 bits per heavy atom. The molecule has 5 rings (SSSR count). The van der Waals surface area contributed by atoms with E-state index in [1.54, 1.807) is 17.0 Å². The molecule has 3 aromatic rings. The molecule has 3 amide bonds. The maximum absolute atomic E-state index is 13.4. The Kier molecular flexibility index (Phi) is 4.58. The van der Waals surface area contributed by atoms with Gasteiger partial charge in [-0.2, -0.15) is 0 Å². The Balaban J connectivity index is 1.72. The third-order valence-electron chi connectivity index (χ3n) is 6.15. The summed E-state index contributed by atoms with van der Waals surface area (Å²) in [5, 5.41) is 11.8. The van der Waals surface area contributed by atoms with Crippen molar-refractivity contribution in [1.82, 2.24) is 14.8 Å². The second kappa shape index (κ2) is 7.16. The van der Waals surface area contributed by atoms with Gasteiger partial charge in [0.2, 0.25) is 0 Å². The quantitative estimate of drug-likeness (QED) is 0.545. The number of halogens is 1. The molecule has 0 saturated carbocycles. The molecule has 30 heavy (non-hydrogen) atoms. The molecule has 2 N–H and O–H groups in total. The highest BCUT2D eigenvalue weighted by Gasteiger charge is 2.52. The number of aromatic hydroxyl groups is 1. The first-order chi connectivity index (χ1) is 14.5. The van der Waals surface area contributed by atoms with E-state index in [1.807, 2.05) is 37.3 Å². The van der Waals surface area contributed by atoms with Crippen molar-refractivity contribution in [3.63, 3.8) is 0 Å². The normalized spacial score (nSPS) is 20.7. The summed E-state index contributed by atoms with van der Waals surface area (Å²) in [6, 6.07) is 11.7. The van der Waals surface area contributed by atoms with Gasteiger partial charge in [0, 0.05) is 39.6 Å². The summed E-state index contributed by atoms with van der Waals surface area (Å²) in [6.45, 7) is 2.46. The molecular formula is C23H22BrN3O3. The fourth-order valence-corrected chi connectivity index (χ4v) is 5.10. The summed E-state index contributed by atoms with van der Waals surface area (Å²) in [4.78, 5) is 33.1. The molecule has 2 atom stereocenters. The molecule has 0 aliphatic carbocycles. The van der Waals surface area contributed by atoms with Crippen molar-refractivity contribution in [2.45, 2.75) is 38.3 Å². The Labute approximate surface area is 182 Å². The van der Waals surface area contributed by atoms with Gasteiger partial charge in [0.05, 0.1) is 0 Å². The number of aromatic amines is 1. The zero-order valence-electron chi connectivity index (χ0n) is 16.6. The summed E-state index contributed by atoms with van der Waals surface area (Å²) in [6.07, 6.45) is 2.15. The lowest BCUT2D eigenvalue weighted by atomic mass is 9.88. The summed E-state index contributed by atoms with van der Waals surface area (Å²) in [5.41, 5.74) is 3.46. The highest BCUT2D eigenvalue weighted by molar-refractivity contribution is 9.10. The predicted octanol–water partition coefficient (Wildman–Crippen LogP) is 4.71. The minimum absolute atomic E-state index is 0.0979. The molecule has 2 aromatic carbocycles. The highest BCUT2D eigenvalue weighted by Crippen LogP contribution is 2.46. The number of phenolic OH excluding ortho intramolecular Hbond substituents is 1. The van der Waals surface area contributed by atoms with E-state index in [0.29, 0.717) is 18.5 Å². The molecular weight excluding hydrogens is 446 g/mol. The van der Waals surface area contributed by atoms with Crippen LogP contribution in [-0.4, -0.2) is 44.4 Å². The van der Waals surface area contributed by atoms with Crippen molar-refractivity contribution < 1.29 is 14.7 Å². The molecule has 2 aliphatic heterocycles. The standard InChI is InChI=1S/C23H22BrN3O3/c1-2-3-10-26-22(29)18-12-15-14-6-4-5-7-17(14)25-20(15)21(27(18)23(26)30)16-11-13(24)8-9-19(16)28/h4-9,11,18,21,25,28H,2-3,10,12H2,1H3/t18-,21+/m0/s1. The largest absolute Gasteiger partial charge is 0.508 e. The molecule has 7 heteroatoms. The SMILES string of the molecule is CCCCN1C(=O)[C@@H]2Cc3c([nH]c4ccccc34)[C@@H](c3cc(Br)ccc3O)N2C1=O. The number of unbranched alkanes of at least 4 members (excludes halogenated alkanes) is 1. The first-order valence-corrected chi connectivity index (χ1v) is 11.0. The third-order valence-corrected chi connectivity index (χ3v) is 6.65. The number of imide groups is 1. The van der Waals surface area contributed by atoms with Gasteiger partial charge < -0.3 is 10.1 Å². The lowest BCUT2D eigenvalue weighted by Crippen LogP contribution is -2.44. The minimum atomic E-state index is -0.565. The number of carbonyl (C=O) groups excluding carboxylic acids is 2. The van der Waals surface area contributed by atoms with Crippen LogP contribution in [0.15, 0.2) is 46.9 Å². The van der Waals surface area contributed by atoms with E-state index in [2.05, 4.69) is 20.9 Å². The van der Waals surface area contributed by atoms with Crippen LogP contribution in [-0.2, 0) is 11.2 Å². The zero-order valence-corrected chi connectivity index (χ0v) is 18.1. The number of urea groups is 1. The van der Waals surface area contributed by atoms with Crippen molar-refractivity contribution in [1.29, 1.82) is 0 Å². The summed E-state index contributed by atoms with van der Waals surface area (Å²) < 4.78 is 0.802. The van der Waals surface area contributed by atoms with Crippen LogP contribution in [0.3, 0.4) is 0 Å². The molecule has 0 unspecified atom stereocenters. The van der Waals surface area contributed by atoms with E-state index in [4.69, 9.17) is 0 Å². The predicted molar refractivity (Wildman–Crippen MR) is 117 cm³/mol. The van der Waals surface area contributed by atoms with E-state index < -0.39 is 12.1 Å². The van der Waals surface area contributed by atoms with Crippen molar-refractivity contribution in [2.75, 3.05) is 6.54 Å². The van der Waals surface area contributed by atoms with E-state index in [1.165, 1.54) is 4.90 Å². The number of nitrogens with one attached hydrogen (secondary N) is 1. The number of aromatic nitrogens is 1. The molecule has 0 bridgehead atoms. The molecule has 6 nitrogen and oxygen atoms in total. The Hall–Kier alpha value is -2.80. The number of hydrogen-bond donors (Lipinski definition) is 2.